The molecule has 4 heteroatoms. The summed E-state index contributed by atoms with van der Waals surface area (Å²) in [4.78, 5) is 12.7. The van der Waals surface area contributed by atoms with Crippen LogP contribution in [0, 0.1) is 16.7 Å². The van der Waals surface area contributed by atoms with Crippen molar-refractivity contribution < 1.29 is 4.79 Å². The highest BCUT2D eigenvalue weighted by Gasteiger charge is 2.18. The Morgan fingerprint density at radius 2 is 2.17 bits per heavy atom. The first-order valence-corrected chi connectivity index (χ1v) is 6.51. The second-order valence-corrected chi connectivity index (χ2v) is 5.91. The van der Waals surface area contributed by atoms with E-state index in [4.69, 9.17) is 5.26 Å². The van der Waals surface area contributed by atoms with Crippen LogP contribution >= 0.6 is 11.3 Å². The molecule has 1 heterocycles. The van der Waals surface area contributed by atoms with E-state index in [1.807, 2.05) is 30.3 Å². The van der Waals surface area contributed by atoms with Crippen LogP contribution in [0.1, 0.15) is 23.5 Å². The van der Waals surface area contributed by atoms with Crippen molar-refractivity contribution in [2.24, 2.45) is 5.41 Å². The van der Waals surface area contributed by atoms with Crippen LogP contribution in [-0.2, 0) is 0 Å². The van der Waals surface area contributed by atoms with Crippen molar-refractivity contribution in [1.29, 1.82) is 5.26 Å². The lowest BCUT2D eigenvalue weighted by molar-refractivity contribution is 0.0948. The fraction of sp³-hybridized carbons (Fsp3) is 0.286. The second kappa shape index (κ2) is 4.79. The number of amides is 1. The molecule has 0 spiro atoms. The van der Waals surface area contributed by atoms with E-state index in [1.165, 1.54) is 11.3 Å². The third-order valence-corrected chi connectivity index (χ3v) is 3.76. The number of benzene rings is 1. The molecule has 0 atom stereocenters. The summed E-state index contributed by atoms with van der Waals surface area (Å²) >= 11 is 1.47. The molecule has 0 unspecified atom stereocenters. The lowest BCUT2D eigenvalue weighted by Crippen LogP contribution is -2.32. The molecule has 0 aliphatic rings. The SMILES string of the molecule is CC(C)(C#N)CNC(=O)c1cc2ccccc2s1. The van der Waals surface area contributed by atoms with E-state index in [0.29, 0.717) is 11.4 Å². The number of hydrogen-bond acceptors (Lipinski definition) is 3. The molecule has 1 amide bonds. The van der Waals surface area contributed by atoms with Crippen molar-refractivity contribution in [3.05, 3.63) is 35.2 Å². The van der Waals surface area contributed by atoms with Gasteiger partial charge >= 0.3 is 0 Å². The number of carbonyl (C=O) groups excluding carboxylic acids is 1. The molecule has 0 fully saturated rings. The van der Waals surface area contributed by atoms with Crippen LogP contribution in [0.4, 0.5) is 0 Å². The Bertz CT molecular complexity index is 589. The molecule has 0 saturated carbocycles. The largest absolute Gasteiger partial charge is 0.350 e. The van der Waals surface area contributed by atoms with Crippen molar-refractivity contribution in [2.45, 2.75) is 13.8 Å². The summed E-state index contributed by atoms with van der Waals surface area (Å²) in [6, 6.07) is 11.9. The van der Waals surface area contributed by atoms with Crippen LogP contribution in [0.25, 0.3) is 10.1 Å². The summed E-state index contributed by atoms with van der Waals surface area (Å²) in [6.45, 7) is 3.97. The van der Waals surface area contributed by atoms with E-state index in [2.05, 4.69) is 11.4 Å². The van der Waals surface area contributed by atoms with Gasteiger partial charge in [0.25, 0.3) is 5.91 Å². The molecule has 0 radical (unpaired) electrons. The van der Waals surface area contributed by atoms with Gasteiger partial charge in [0.2, 0.25) is 0 Å². The maximum atomic E-state index is 12.0. The Morgan fingerprint density at radius 3 is 2.83 bits per heavy atom. The third kappa shape index (κ3) is 2.69. The normalized spacial score (nSPS) is 11.2. The van der Waals surface area contributed by atoms with Gasteiger partial charge < -0.3 is 5.32 Å². The van der Waals surface area contributed by atoms with Gasteiger partial charge in [-0.05, 0) is 31.4 Å². The number of nitrogens with one attached hydrogen (secondary N) is 1. The molecule has 3 nitrogen and oxygen atoms in total. The van der Waals surface area contributed by atoms with Crippen molar-refractivity contribution in [3.63, 3.8) is 0 Å². The Morgan fingerprint density at radius 1 is 1.44 bits per heavy atom. The summed E-state index contributed by atoms with van der Waals surface area (Å²) in [5.41, 5.74) is -0.535. The summed E-state index contributed by atoms with van der Waals surface area (Å²) in [6.07, 6.45) is 0. The predicted octanol–water partition coefficient (Wildman–Crippen LogP) is 3.18. The first-order valence-electron chi connectivity index (χ1n) is 5.70. The number of nitrogens with zero attached hydrogens (tertiary/aromatic N) is 1. The topological polar surface area (TPSA) is 52.9 Å². The quantitative estimate of drug-likeness (QED) is 0.919. The molecule has 18 heavy (non-hydrogen) atoms. The number of carbonyl (C=O) groups is 1. The van der Waals surface area contributed by atoms with Crippen LogP contribution in [0.15, 0.2) is 30.3 Å². The maximum Gasteiger partial charge on any atom is 0.261 e. The zero-order valence-corrected chi connectivity index (χ0v) is 11.2. The van der Waals surface area contributed by atoms with E-state index in [-0.39, 0.29) is 5.91 Å². The molecule has 0 aliphatic carbocycles. The average molecular weight is 258 g/mol. The molecule has 1 N–H and O–H groups in total. The highest BCUT2D eigenvalue weighted by atomic mass is 32.1. The molecule has 0 saturated heterocycles. The maximum absolute atomic E-state index is 12.0. The Hall–Kier alpha value is -1.86. The summed E-state index contributed by atoms with van der Waals surface area (Å²) in [5.74, 6) is -0.112. The van der Waals surface area contributed by atoms with Crippen molar-refractivity contribution in [1.82, 2.24) is 5.32 Å². The number of nitriles is 1. The monoisotopic (exact) mass is 258 g/mol. The number of rotatable bonds is 3. The molecule has 0 bridgehead atoms. The van der Waals surface area contributed by atoms with E-state index >= 15 is 0 Å². The molecule has 2 rings (SSSR count). The van der Waals surface area contributed by atoms with Crippen LogP contribution in [-0.4, -0.2) is 12.5 Å². The van der Waals surface area contributed by atoms with Gasteiger partial charge in [-0.15, -0.1) is 11.3 Å². The van der Waals surface area contributed by atoms with E-state index in [0.717, 1.165) is 10.1 Å². The first-order chi connectivity index (χ1) is 8.52. The number of fused-ring (bicyclic) bond motifs is 1. The van der Waals surface area contributed by atoms with Gasteiger partial charge in [-0.25, -0.2) is 0 Å². The van der Waals surface area contributed by atoms with Crippen LogP contribution in [0.3, 0.4) is 0 Å². The van der Waals surface area contributed by atoms with Crippen molar-refractivity contribution in [3.8, 4) is 6.07 Å². The van der Waals surface area contributed by atoms with Crippen molar-refractivity contribution in [2.75, 3.05) is 6.54 Å². The van der Waals surface area contributed by atoms with Gasteiger partial charge in [-0.1, -0.05) is 18.2 Å². The number of thiophene rings is 1. The number of hydrogen-bond donors (Lipinski definition) is 1. The highest BCUT2D eigenvalue weighted by Crippen LogP contribution is 2.25. The van der Waals surface area contributed by atoms with E-state index in [9.17, 15) is 4.79 Å². The Labute approximate surface area is 110 Å². The molecule has 1 aromatic heterocycles. The standard InChI is InChI=1S/C14H14N2OS/c1-14(2,8-15)9-16-13(17)12-7-10-5-3-4-6-11(10)18-12/h3-7H,9H2,1-2H3,(H,16,17). The lowest BCUT2D eigenvalue weighted by atomic mass is 9.96. The zero-order chi connectivity index (χ0) is 13.2. The minimum absolute atomic E-state index is 0.112. The van der Waals surface area contributed by atoms with Gasteiger partial charge in [0.15, 0.2) is 0 Å². The third-order valence-electron chi connectivity index (χ3n) is 2.64. The average Bonchev–Trinajstić information content (AvgIpc) is 2.80. The van der Waals surface area contributed by atoms with Crippen LogP contribution in [0.5, 0.6) is 0 Å². The van der Waals surface area contributed by atoms with Crippen molar-refractivity contribution >= 4 is 27.3 Å². The Kier molecular flexibility index (Phi) is 3.35. The van der Waals surface area contributed by atoms with Gasteiger partial charge in [0.05, 0.1) is 16.4 Å². The molecular formula is C14H14N2OS. The van der Waals surface area contributed by atoms with Crippen LogP contribution in [0.2, 0.25) is 0 Å². The summed E-state index contributed by atoms with van der Waals surface area (Å²) < 4.78 is 1.10. The minimum Gasteiger partial charge on any atom is -0.350 e. The highest BCUT2D eigenvalue weighted by molar-refractivity contribution is 7.20. The van der Waals surface area contributed by atoms with Gasteiger partial charge in [-0.3, -0.25) is 4.79 Å². The Balaban J connectivity index is 2.12. The molecule has 1 aromatic carbocycles. The summed E-state index contributed by atoms with van der Waals surface area (Å²) in [5, 5.41) is 12.8. The van der Waals surface area contributed by atoms with E-state index in [1.54, 1.807) is 13.8 Å². The van der Waals surface area contributed by atoms with Crippen LogP contribution < -0.4 is 5.32 Å². The van der Waals surface area contributed by atoms with E-state index < -0.39 is 5.41 Å². The lowest BCUT2D eigenvalue weighted by Gasteiger charge is -2.15. The fourth-order valence-corrected chi connectivity index (χ4v) is 2.50. The van der Waals surface area contributed by atoms with Gasteiger partial charge in [-0.2, -0.15) is 5.26 Å². The molecular weight excluding hydrogens is 244 g/mol. The summed E-state index contributed by atoms with van der Waals surface area (Å²) in [7, 11) is 0. The molecule has 2 aromatic rings. The van der Waals surface area contributed by atoms with Gasteiger partial charge in [0.1, 0.15) is 0 Å². The van der Waals surface area contributed by atoms with Gasteiger partial charge in [0, 0.05) is 11.2 Å². The zero-order valence-electron chi connectivity index (χ0n) is 10.4. The minimum atomic E-state index is -0.535. The fourth-order valence-electron chi connectivity index (χ4n) is 1.52. The first kappa shape index (κ1) is 12.6. The smallest absolute Gasteiger partial charge is 0.261 e. The molecule has 0 aliphatic heterocycles. The second-order valence-electron chi connectivity index (χ2n) is 4.83. The predicted molar refractivity (Wildman–Crippen MR) is 73.6 cm³/mol. The molecule has 92 valence electrons.